The predicted octanol–water partition coefficient (Wildman–Crippen LogP) is -0.317. The average molecular weight is 249 g/mol. The van der Waals surface area contributed by atoms with Gasteiger partial charge in [-0.05, 0) is 17.2 Å². The number of carbonyl (C=O) groups is 2. The standard InChI is InChI=1S/C12H15N3O3/c13-9(5-18-6-11(14)16)7-1-2-10-8(3-7)4-12(17)15-10/h1-3,9H,4-6,13H2,(H2,14,16)(H,15,17). The number of carbonyl (C=O) groups excluding carboxylic acids is 2. The topological polar surface area (TPSA) is 107 Å². The summed E-state index contributed by atoms with van der Waals surface area (Å²) < 4.78 is 5.07. The molecular weight excluding hydrogens is 234 g/mol. The Bertz CT molecular complexity index is 487. The van der Waals surface area contributed by atoms with E-state index in [-0.39, 0.29) is 25.2 Å². The van der Waals surface area contributed by atoms with Gasteiger partial charge in [0.2, 0.25) is 11.8 Å². The molecule has 2 rings (SSSR count). The molecule has 96 valence electrons. The van der Waals surface area contributed by atoms with Gasteiger partial charge in [-0.15, -0.1) is 0 Å². The summed E-state index contributed by atoms with van der Waals surface area (Å²) in [5, 5.41) is 2.75. The van der Waals surface area contributed by atoms with Crippen molar-refractivity contribution in [2.75, 3.05) is 18.5 Å². The predicted molar refractivity (Wildman–Crippen MR) is 65.7 cm³/mol. The Balaban J connectivity index is 1.99. The lowest BCUT2D eigenvalue weighted by Gasteiger charge is -2.13. The molecule has 0 radical (unpaired) electrons. The van der Waals surface area contributed by atoms with Crippen molar-refractivity contribution in [3.8, 4) is 0 Å². The molecule has 1 atom stereocenters. The summed E-state index contributed by atoms with van der Waals surface area (Å²) in [5.41, 5.74) is 13.5. The number of nitrogens with two attached hydrogens (primary N) is 2. The molecule has 1 heterocycles. The number of fused-ring (bicyclic) bond motifs is 1. The third-order valence-corrected chi connectivity index (χ3v) is 2.72. The largest absolute Gasteiger partial charge is 0.370 e. The summed E-state index contributed by atoms with van der Waals surface area (Å²) in [4.78, 5) is 21.7. The van der Waals surface area contributed by atoms with Crippen molar-refractivity contribution in [2.45, 2.75) is 12.5 Å². The third-order valence-electron chi connectivity index (χ3n) is 2.72. The molecule has 0 aromatic heterocycles. The maximum atomic E-state index is 11.2. The van der Waals surface area contributed by atoms with Crippen LogP contribution < -0.4 is 16.8 Å². The maximum absolute atomic E-state index is 11.2. The molecule has 2 amide bonds. The molecule has 18 heavy (non-hydrogen) atoms. The number of amides is 2. The van der Waals surface area contributed by atoms with Gasteiger partial charge in [-0.3, -0.25) is 9.59 Å². The fraction of sp³-hybridized carbons (Fsp3) is 0.333. The second-order valence-electron chi connectivity index (χ2n) is 4.23. The summed E-state index contributed by atoms with van der Waals surface area (Å²) >= 11 is 0. The first-order valence-electron chi connectivity index (χ1n) is 5.60. The van der Waals surface area contributed by atoms with E-state index in [0.717, 1.165) is 16.8 Å². The number of primary amides is 1. The Labute approximate surface area is 104 Å². The molecule has 0 fully saturated rings. The van der Waals surface area contributed by atoms with Crippen LogP contribution in [0.4, 0.5) is 5.69 Å². The SMILES string of the molecule is NC(=O)COCC(N)c1ccc2c(c1)CC(=O)N2. The Morgan fingerprint density at radius 2 is 2.28 bits per heavy atom. The first kappa shape index (κ1) is 12.5. The highest BCUT2D eigenvalue weighted by molar-refractivity contribution is 5.99. The molecule has 6 nitrogen and oxygen atoms in total. The molecular formula is C12H15N3O3. The third kappa shape index (κ3) is 2.85. The Morgan fingerprint density at radius 1 is 1.50 bits per heavy atom. The zero-order valence-electron chi connectivity index (χ0n) is 9.81. The van der Waals surface area contributed by atoms with Crippen LogP contribution in [-0.2, 0) is 20.7 Å². The van der Waals surface area contributed by atoms with Gasteiger partial charge in [0, 0.05) is 5.69 Å². The zero-order valence-corrected chi connectivity index (χ0v) is 9.81. The highest BCUT2D eigenvalue weighted by Crippen LogP contribution is 2.25. The van der Waals surface area contributed by atoms with E-state index < -0.39 is 5.91 Å². The van der Waals surface area contributed by atoms with Crippen LogP contribution in [-0.4, -0.2) is 25.0 Å². The zero-order chi connectivity index (χ0) is 13.1. The maximum Gasteiger partial charge on any atom is 0.243 e. The van der Waals surface area contributed by atoms with Crippen LogP contribution in [0, 0.1) is 0 Å². The molecule has 0 aliphatic carbocycles. The summed E-state index contributed by atoms with van der Waals surface area (Å²) in [6, 6.07) is 5.20. The van der Waals surface area contributed by atoms with E-state index in [9.17, 15) is 9.59 Å². The molecule has 6 heteroatoms. The van der Waals surface area contributed by atoms with E-state index in [4.69, 9.17) is 16.2 Å². The molecule has 5 N–H and O–H groups in total. The fourth-order valence-electron chi connectivity index (χ4n) is 1.86. The minimum absolute atomic E-state index is 0.0132. The molecule has 0 saturated heterocycles. The van der Waals surface area contributed by atoms with E-state index in [1.54, 1.807) is 0 Å². The van der Waals surface area contributed by atoms with Crippen LogP contribution in [0.1, 0.15) is 17.2 Å². The van der Waals surface area contributed by atoms with Crippen LogP contribution in [0.3, 0.4) is 0 Å². The van der Waals surface area contributed by atoms with E-state index in [1.165, 1.54) is 0 Å². The lowest BCUT2D eigenvalue weighted by molar-refractivity contribution is -0.122. The van der Waals surface area contributed by atoms with Gasteiger partial charge < -0.3 is 21.5 Å². The van der Waals surface area contributed by atoms with Gasteiger partial charge in [0.05, 0.1) is 19.1 Å². The van der Waals surface area contributed by atoms with Gasteiger partial charge in [-0.1, -0.05) is 12.1 Å². The Hall–Kier alpha value is -1.92. The first-order valence-corrected chi connectivity index (χ1v) is 5.60. The lowest BCUT2D eigenvalue weighted by atomic mass is 10.0. The normalized spacial score (nSPS) is 15.1. The van der Waals surface area contributed by atoms with Crippen LogP contribution in [0.2, 0.25) is 0 Å². The van der Waals surface area contributed by atoms with Gasteiger partial charge in [0.15, 0.2) is 0 Å². The number of benzene rings is 1. The van der Waals surface area contributed by atoms with Crippen LogP contribution in [0.25, 0.3) is 0 Å². The fourth-order valence-corrected chi connectivity index (χ4v) is 1.86. The van der Waals surface area contributed by atoms with Gasteiger partial charge in [0.1, 0.15) is 6.61 Å². The first-order chi connectivity index (χ1) is 8.56. The van der Waals surface area contributed by atoms with Crippen LogP contribution >= 0.6 is 0 Å². The molecule has 1 aliphatic rings. The summed E-state index contributed by atoms with van der Waals surface area (Å²) in [5.74, 6) is -0.536. The smallest absolute Gasteiger partial charge is 0.243 e. The lowest BCUT2D eigenvalue weighted by Crippen LogP contribution is -2.23. The quantitative estimate of drug-likeness (QED) is 0.664. The van der Waals surface area contributed by atoms with Crippen molar-refractivity contribution < 1.29 is 14.3 Å². The van der Waals surface area contributed by atoms with E-state index >= 15 is 0 Å². The minimum atomic E-state index is -0.522. The highest BCUT2D eigenvalue weighted by Gasteiger charge is 2.18. The summed E-state index contributed by atoms with van der Waals surface area (Å²) in [6.07, 6.45) is 0.373. The monoisotopic (exact) mass is 249 g/mol. The van der Waals surface area contributed by atoms with Crippen molar-refractivity contribution in [3.05, 3.63) is 29.3 Å². The van der Waals surface area contributed by atoms with E-state index in [0.29, 0.717) is 6.42 Å². The number of hydrogen-bond donors (Lipinski definition) is 3. The molecule has 0 spiro atoms. The molecule has 1 aromatic carbocycles. The van der Waals surface area contributed by atoms with Gasteiger partial charge in [-0.25, -0.2) is 0 Å². The van der Waals surface area contributed by atoms with Crippen molar-refractivity contribution in [2.24, 2.45) is 11.5 Å². The Kier molecular flexibility index (Phi) is 3.59. The highest BCUT2D eigenvalue weighted by atomic mass is 16.5. The molecule has 0 saturated carbocycles. The van der Waals surface area contributed by atoms with Crippen molar-refractivity contribution in [1.82, 2.24) is 0 Å². The summed E-state index contributed by atoms with van der Waals surface area (Å²) in [7, 11) is 0. The second-order valence-corrected chi connectivity index (χ2v) is 4.23. The second kappa shape index (κ2) is 5.16. The number of hydrogen-bond acceptors (Lipinski definition) is 4. The van der Waals surface area contributed by atoms with Crippen molar-refractivity contribution in [3.63, 3.8) is 0 Å². The van der Waals surface area contributed by atoms with Crippen molar-refractivity contribution >= 4 is 17.5 Å². The number of anilines is 1. The van der Waals surface area contributed by atoms with Crippen LogP contribution in [0.15, 0.2) is 18.2 Å². The van der Waals surface area contributed by atoms with Gasteiger partial charge in [0.25, 0.3) is 0 Å². The van der Waals surface area contributed by atoms with E-state index in [1.807, 2.05) is 18.2 Å². The number of ether oxygens (including phenoxy) is 1. The average Bonchev–Trinajstić information content (AvgIpc) is 2.67. The Morgan fingerprint density at radius 3 is 3.00 bits per heavy atom. The van der Waals surface area contributed by atoms with E-state index in [2.05, 4.69) is 5.32 Å². The van der Waals surface area contributed by atoms with Gasteiger partial charge in [-0.2, -0.15) is 0 Å². The van der Waals surface area contributed by atoms with Crippen molar-refractivity contribution in [1.29, 1.82) is 0 Å². The molecule has 0 bridgehead atoms. The minimum Gasteiger partial charge on any atom is -0.370 e. The molecule has 1 aromatic rings. The molecule has 1 aliphatic heterocycles. The molecule has 1 unspecified atom stereocenters. The van der Waals surface area contributed by atoms with Gasteiger partial charge >= 0.3 is 0 Å². The number of nitrogens with one attached hydrogen (secondary N) is 1. The number of rotatable bonds is 5. The van der Waals surface area contributed by atoms with Crippen LogP contribution in [0.5, 0.6) is 0 Å². The summed E-state index contributed by atoms with van der Waals surface area (Å²) in [6.45, 7) is 0.0712.